The van der Waals surface area contributed by atoms with Gasteiger partial charge < -0.3 is 0 Å². The van der Waals surface area contributed by atoms with Crippen LogP contribution in [0.3, 0.4) is 0 Å². The van der Waals surface area contributed by atoms with Gasteiger partial charge in [-0.25, -0.2) is 0 Å². The molecule has 0 aromatic carbocycles. The van der Waals surface area contributed by atoms with Crippen molar-refractivity contribution in [3.05, 3.63) is 0 Å². The van der Waals surface area contributed by atoms with Gasteiger partial charge in [-0.15, -0.1) is 22.8 Å². The zero-order valence-corrected chi connectivity index (χ0v) is 6.94. The van der Waals surface area contributed by atoms with E-state index in [0.29, 0.717) is 0 Å². The lowest BCUT2D eigenvalue weighted by Gasteiger charge is -2.14. The van der Waals surface area contributed by atoms with Gasteiger partial charge >= 0.3 is 0 Å². The van der Waals surface area contributed by atoms with E-state index in [0.717, 1.165) is 12.2 Å². The molecule has 2 atom stereocenters. The maximum Gasteiger partial charge on any atom is 0.00740 e. The Morgan fingerprint density at radius 2 is 2.57 bits per heavy atom. The normalized spacial score (nSPS) is 36.4. The maximum absolute atomic E-state index is 2.32. The van der Waals surface area contributed by atoms with Crippen molar-refractivity contribution in [1.29, 1.82) is 0 Å². The summed E-state index contributed by atoms with van der Waals surface area (Å²) in [7, 11) is 0. The fraction of sp³-hybridized carbons (Fsp3) is 1.00. The van der Waals surface area contributed by atoms with E-state index in [-0.39, 0.29) is 0 Å². The Bertz CT molecular complexity index is 51.7. The first-order chi connectivity index (χ1) is 3.39. The molecule has 1 aliphatic heterocycles. The van der Waals surface area contributed by atoms with Crippen molar-refractivity contribution < 1.29 is 0 Å². The van der Waals surface area contributed by atoms with E-state index in [1.807, 2.05) is 0 Å². The number of hydrogen-bond acceptors (Lipinski definition) is 2. The number of hydrogen-bond donors (Lipinski definition) is 0. The van der Waals surface area contributed by atoms with Gasteiger partial charge in [0, 0.05) is 5.25 Å². The van der Waals surface area contributed by atoms with Crippen LogP contribution in [0.4, 0.5) is 0 Å². The minimum atomic E-state index is 0.944. The van der Waals surface area contributed by atoms with Crippen molar-refractivity contribution in [2.45, 2.75) is 18.6 Å². The summed E-state index contributed by atoms with van der Waals surface area (Å²) in [6.45, 7) is 3.43. The zero-order chi connectivity index (χ0) is 5.11. The van der Waals surface area contributed by atoms with Crippen LogP contribution < -0.4 is 0 Å². The molecule has 0 nitrogen and oxygen atoms in total. The highest BCUT2D eigenvalue weighted by atomic mass is 33.1. The first-order valence-corrected chi connectivity index (χ1v) is 6.73. The van der Waals surface area contributed by atoms with Crippen molar-refractivity contribution in [3.8, 4) is 0 Å². The second-order valence-corrected chi connectivity index (χ2v) is 7.13. The van der Waals surface area contributed by atoms with Gasteiger partial charge in [0.25, 0.3) is 0 Å². The summed E-state index contributed by atoms with van der Waals surface area (Å²) in [5, 5.41) is 0.944. The summed E-state index contributed by atoms with van der Waals surface area (Å²) in [5.74, 6) is 1.40. The molecule has 3 heteroatoms. The van der Waals surface area contributed by atoms with E-state index in [1.54, 1.807) is 0 Å². The quantitative estimate of drug-likeness (QED) is 0.489. The van der Waals surface area contributed by atoms with Gasteiger partial charge in [0.2, 0.25) is 0 Å². The molecule has 2 unspecified atom stereocenters. The monoisotopic (exact) mass is 152 g/mol. The van der Waals surface area contributed by atoms with Gasteiger partial charge in [0.15, 0.2) is 0 Å². The Morgan fingerprint density at radius 1 is 1.71 bits per heavy atom. The van der Waals surface area contributed by atoms with E-state index in [9.17, 15) is 0 Å². The van der Waals surface area contributed by atoms with Crippen LogP contribution in [-0.4, -0.2) is 11.0 Å². The van der Waals surface area contributed by atoms with Crippen molar-refractivity contribution in [2.75, 3.05) is 5.75 Å². The molecule has 0 saturated carbocycles. The largest absolute Gasteiger partial charge is 0.126 e. The molecule has 0 aliphatic carbocycles. The van der Waals surface area contributed by atoms with Crippen LogP contribution in [0.25, 0.3) is 0 Å². The van der Waals surface area contributed by atoms with Crippen molar-refractivity contribution in [1.82, 2.24) is 0 Å². The van der Waals surface area contributed by atoms with Gasteiger partial charge in [-0.1, -0.05) is 6.92 Å². The smallest absolute Gasteiger partial charge is 0.00740 e. The summed E-state index contributed by atoms with van der Waals surface area (Å²) in [6.07, 6.45) is 1.42. The van der Waals surface area contributed by atoms with Crippen LogP contribution in [0.15, 0.2) is 0 Å². The highest BCUT2D eigenvalue weighted by Crippen LogP contribution is 2.50. The molecule has 1 saturated heterocycles. The standard InChI is InChI=1S/C4H9PS2/c1-4-2-3-6-5-7-4/h4-5H,2-3H2,1H3. The third kappa shape index (κ3) is 2.25. The van der Waals surface area contributed by atoms with Crippen LogP contribution >= 0.6 is 29.7 Å². The van der Waals surface area contributed by atoms with Crippen LogP contribution in [0.1, 0.15) is 13.3 Å². The van der Waals surface area contributed by atoms with Gasteiger partial charge in [0.05, 0.1) is 0 Å². The SMILES string of the molecule is CC1CCSPS1. The lowest BCUT2D eigenvalue weighted by Crippen LogP contribution is -1.96. The lowest BCUT2D eigenvalue weighted by molar-refractivity contribution is 0.924. The van der Waals surface area contributed by atoms with E-state index in [4.69, 9.17) is 0 Å². The van der Waals surface area contributed by atoms with Crippen molar-refractivity contribution in [3.63, 3.8) is 0 Å². The average molecular weight is 152 g/mol. The molecule has 1 fully saturated rings. The van der Waals surface area contributed by atoms with Gasteiger partial charge in [-0.3, -0.25) is 0 Å². The Labute approximate surface area is 54.5 Å². The predicted octanol–water partition coefficient (Wildman–Crippen LogP) is 2.75. The molecule has 0 N–H and O–H groups in total. The average Bonchev–Trinajstić information content (AvgIpc) is 1.69. The van der Waals surface area contributed by atoms with E-state index in [1.165, 1.54) is 12.2 Å². The first kappa shape index (κ1) is 6.25. The molecule has 1 heterocycles. The van der Waals surface area contributed by atoms with Crippen molar-refractivity contribution >= 4 is 29.7 Å². The summed E-state index contributed by atoms with van der Waals surface area (Å²) in [4.78, 5) is 0. The summed E-state index contributed by atoms with van der Waals surface area (Å²) < 4.78 is 0. The minimum absolute atomic E-state index is 0.944. The maximum atomic E-state index is 2.32. The molecular formula is C4H9PS2. The summed E-state index contributed by atoms with van der Waals surface area (Å²) in [5.41, 5.74) is 0. The third-order valence-corrected chi connectivity index (χ3v) is 6.62. The van der Waals surface area contributed by atoms with Crippen LogP contribution in [-0.2, 0) is 0 Å². The van der Waals surface area contributed by atoms with Crippen LogP contribution in [0.5, 0.6) is 0 Å². The summed E-state index contributed by atoms with van der Waals surface area (Å²) >= 11 is 4.20. The topological polar surface area (TPSA) is 0 Å². The Kier molecular flexibility index (Phi) is 2.87. The molecule has 7 heavy (non-hydrogen) atoms. The van der Waals surface area contributed by atoms with Gasteiger partial charge in [0.1, 0.15) is 0 Å². The molecule has 1 aliphatic rings. The minimum Gasteiger partial charge on any atom is -0.126 e. The number of rotatable bonds is 0. The summed E-state index contributed by atoms with van der Waals surface area (Å²) in [6, 6.07) is 0. The highest BCUT2D eigenvalue weighted by Gasteiger charge is 2.06. The molecule has 0 amide bonds. The second kappa shape index (κ2) is 3.21. The predicted molar refractivity (Wildman–Crippen MR) is 42.4 cm³/mol. The van der Waals surface area contributed by atoms with Gasteiger partial charge in [-0.2, -0.15) is 0 Å². The Morgan fingerprint density at radius 3 is 2.86 bits per heavy atom. The molecule has 0 aromatic rings. The fourth-order valence-electron chi connectivity index (χ4n) is 0.442. The van der Waals surface area contributed by atoms with Crippen LogP contribution in [0.2, 0.25) is 0 Å². The molecule has 0 radical (unpaired) electrons. The molecule has 0 spiro atoms. The first-order valence-electron chi connectivity index (χ1n) is 2.42. The van der Waals surface area contributed by atoms with Gasteiger partial charge in [-0.05, 0) is 19.2 Å². The van der Waals surface area contributed by atoms with E-state index in [2.05, 4.69) is 29.7 Å². The molecule has 0 aromatic heterocycles. The lowest BCUT2D eigenvalue weighted by atomic mass is 10.4. The second-order valence-electron chi connectivity index (χ2n) is 1.65. The molecule has 0 bridgehead atoms. The zero-order valence-electron chi connectivity index (χ0n) is 4.31. The Balaban J connectivity index is 2.12. The fourth-order valence-corrected chi connectivity index (χ4v) is 6.11. The van der Waals surface area contributed by atoms with Crippen molar-refractivity contribution in [2.24, 2.45) is 0 Å². The molecule has 1 rings (SSSR count). The van der Waals surface area contributed by atoms with E-state index >= 15 is 0 Å². The van der Waals surface area contributed by atoms with E-state index < -0.39 is 0 Å². The third-order valence-electron chi connectivity index (χ3n) is 0.935. The molecular weight excluding hydrogens is 143 g/mol. The highest BCUT2D eigenvalue weighted by molar-refractivity contribution is 8.82. The Hall–Kier alpha value is 1.13. The van der Waals surface area contributed by atoms with Crippen LogP contribution in [0, 0.1) is 0 Å². The molecule has 42 valence electrons.